The van der Waals surface area contributed by atoms with E-state index in [0.717, 1.165) is 16.0 Å². The first-order valence-corrected chi connectivity index (χ1v) is 6.88. The zero-order chi connectivity index (χ0) is 13.2. The normalized spacial score (nSPS) is 14.2. The molecule has 1 saturated carbocycles. The van der Waals surface area contributed by atoms with Crippen LogP contribution in [0.5, 0.6) is 17.2 Å². The summed E-state index contributed by atoms with van der Waals surface area (Å²) in [5, 5.41) is 0. The van der Waals surface area contributed by atoms with Crippen LogP contribution in [0.4, 0.5) is 0 Å². The second-order valence-corrected chi connectivity index (χ2v) is 5.40. The SMILES string of the molecule is COc1cc(Br)cc(Oc2cnc(C3CC3)nc2)c1. The van der Waals surface area contributed by atoms with Gasteiger partial charge in [-0.2, -0.15) is 0 Å². The molecule has 0 aliphatic heterocycles. The van der Waals surface area contributed by atoms with Crippen molar-refractivity contribution in [1.29, 1.82) is 0 Å². The number of aromatic nitrogens is 2. The Morgan fingerprint density at radius 2 is 1.74 bits per heavy atom. The summed E-state index contributed by atoms with van der Waals surface area (Å²) in [6.07, 6.45) is 5.83. The molecule has 0 spiro atoms. The van der Waals surface area contributed by atoms with Crippen LogP contribution >= 0.6 is 15.9 Å². The molecule has 0 atom stereocenters. The molecule has 2 aromatic rings. The molecule has 0 radical (unpaired) electrons. The highest BCUT2D eigenvalue weighted by molar-refractivity contribution is 9.10. The molecule has 3 rings (SSSR count). The van der Waals surface area contributed by atoms with E-state index in [0.29, 0.717) is 17.4 Å². The minimum absolute atomic E-state index is 0.556. The Morgan fingerprint density at radius 3 is 2.37 bits per heavy atom. The second-order valence-electron chi connectivity index (χ2n) is 4.48. The molecule has 0 N–H and O–H groups in total. The summed E-state index contributed by atoms with van der Waals surface area (Å²) in [6, 6.07) is 5.57. The van der Waals surface area contributed by atoms with Crippen molar-refractivity contribution >= 4 is 15.9 Å². The molecular weight excluding hydrogens is 308 g/mol. The molecule has 0 saturated heterocycles. The van der Waals surface area contributed by atoms with Gasteiger partial charge >= 0.3 is 0 Å². The molecule has 1 aromatic carbocycles. The Morgan fingerprint density at radius 1 is 1.05 bits per heavy atom. The first-order valence-electron chi connectivity index (χ1n) is 6.09. The van der Waals surface area contributed by atoms with Gasteiger partial charge in [0.25, 0.3) is 0 Å². The number of hydrogen-bond donors (Lipinski definition) is 0. The highest BCUT2D eigenvalue weighted by atomic mass is 79.9. The van der Waals surface area contributed by atoms with Crippen LogP contribution in [0.1, 0.15) is 24.6 Å². The molecule has 0 bridgehead atoms. The molecule has 1 aliphatic carbocycles. The molecule has 1 aromatic heterocycles. The first-order chi connectivity index (χ1) is 9.24. The van der Waals surface area contributed by atoms with E-state index in [1.165, 1.54) is 12.8 Å². The van der Waals surface area contributed by atoms with Crippen molar-refractivity contribution in [3.63, 3.8) is 0 Å². The van der Waals surface area contributed by atoms with Crippen molar-refractivity contribution in [3.8, 4) is 17.2 Å². The van der Waals surface area contributed by atoms with Crippen molar-refractivity contribution in [2.45, 2.75) is 18.8 Å². The molecule has 98 valence electrons. The van der Waals surface area contributed by atoms with E-state index >= 15 is 0 Å². The van der Waals surface area contributed by atoms with Crippen LogP contribution in [0.2, 0.25) is 0 Å². The van der Waals surface area contributed by atoms with E-state index in [1.807, 2.05) is 18.2 Å². The topological polar surface area (TPSA) is 44.2 Å². The van der Waals surface area contributed by atoms with E-state index in [1.54, 1.807) is 19.5 Å². The number of methoxy groups -OCH3 is 1. The average molecular weight is 321 g/mol. The summed E-state index contributed by atoms with van der Waals surface area (Å²) in [5.41, 5.74) is 0. The number of hydrogen-bond acceptors (Lipinski definition) is 4. The number of ether oxygens (including phenoxy) is 2. The van der Waals surface area contributed by atoms with Crippen LogP contribution in [0.3, 0.4) is 0 Å². The fourth-order valence-corrected chi connectivity index (χ4v) is 2.23. The quantitative estimate of drug-likeness (QED) is 0.856. The van der Waals surface area contributed by atoms with Gasteiger partial charge in [-0.15, -0.1) is 0 Å². The van der Waals surface area contributed by atoms with Gasteiger partial charge in [0.2, 0.25) is 0 Å². The fourth-order valence-electron chi connectivity index (χ4n) is 1.78. The lowest BCUT2D eigenvalue weighted by Crippen LogP contribution is -1.93. The molecule has 4 nitrogen and oxygen atoms in total. The number of halogens is 1. The third-order valence-corrected chi connectivity index (χ3v) is 3.36. The maximum atomic E-state index is 5.72. The standard InChI is InChI=1S/C14H13BrN2O2/c1-18-11-4-10(15)5-12(6-11)19-13-7-16-14(17-8-13)9-2-3-9/h4-9H,2-3H2,1H3. The van der Waals surface area contributed by atoms with Crippen LogP contribution in [-0.4, -0.2) is 17.1 Å². The Kier molecular flexibility index (Phi) is 3.38. The smallest absolute Gasteiger partial charge is 0.164 e. The first kappa shape index (κ1) is 12.4. The van der Waals surface area contributed by atoms with Crippen LogP contribution < -0.4 is 9.47 Å². The summed E-state index contributed by atoms with van der Waals surface area (Å²) in [5.74, 6) is 3.53. The fraction of sp³-hybridized carbons (Fsp3) is 0.286. The lowest BCUT2D eigenvalue weighted by Gasteiger charge is -2.08. The van der Waals surface area contributed by atoms with Crippen molar-refractivity contribution in [2.24, 2.45) is 0 Å². The highest BCUT2D eigenvalue weighted by Crippen LogP contribution is 2.38. The van der Waals surface area contributed by atoms with E-state index in [4.69, 9.17) is 9.47 Å². The molecule has 19 heavy (non-hydrogen) atoms. The van der Waals surface area contributed by atoms with Gasteiger partial charge in [-0.3, -0.25) is 0 Å². The number of benzene rings is 1. The largest absolute Gasteiger partial charge is 0.497 e. The number of rotatable bonds is 4. The van der Waals surface area contributed by atoms with Gasteiger partial charge in [0.05, 0.1) is 19.5 Å². The molecule has 0 amide bonds. The minimum atomic E-state index is 0.556. The van der Waals surface area contributed by atoms with Gasteiger partial charge in [0.1, 0.15) is 17.3 Å². The average Bonchev–Trinajstić information content (AvgIpc) is 3.23. The van der Waals surface area contributed by atoms with Gasteiger partial charge in [0, 0.05) is 16.5 Å². The van der Waals surface area contributed by atoms with Crippen LogP contribution in [0, 0.1) is 0 Å². The Balaban J connectivity index is 1.78. The predicted molar refractivity (Wildman–Crippen MR) is 74.8 cm³/mol. The van der Waals surface area contributed by atoms with Crippen molar-refractivity contribution in [3.05, 3.63) is 40.9 Å². The van der Waals surface area contributed by atoms with E-state index < -0.39 is 0 Å². The molecule has 1 heterocycles. The van der Waals surface area contributed by atoms with Gasteiger partial charge in [-0.25, -0.2) is 9.97 Å². The lowest BCUT2D eigenvalue weighted by atomic mass is 10.3. The summed E-state index contributed by atoms with van der Waals surface area (Å²) in [4.78, 5) is 8.65. The Hall–Kier alpha value is -1.62. The second kappa shape index (κ2) is 5.17. The summed E-state index contributed by atoms with van der Waals surface area (Å²) < 4.78 is 11.8. The van der Waals surface area contributed by atoms with Crippen LogP contribution in [0.15, 0.2) is 35.1 Å². The molecule has 5 heteroatoms. The molecule has 0 unspecified atom stereocenters. The zero-order valence-corrected chi connectivity index (χ0v) is 12.1. The van der Waals surface area contributed by atoms with E-state index in [2.05, 4.69) is 25.9 Å². The van der Waals surface area contributed by atoms with Gasteiger partial charge in [-0.05, 0) is 25.0 Å². The predicted octanol–water partition coefficient (Wildman–Crippen LogP) is 3.92. The maximum Gasteiger partial charge on any atom is 0.164 e. The maximum absolute atomic E-state index is 5.72. The third-order valence-electron chi connectivity index (χ3n) is 2.91. The van der Waals surface area contributed by atoms with Crippen molar-refractivity contribution in [1.82, 2.24) is 9.97 Å². The zero-order valence-electron chi connectivity index (χ0n) is 10.5. The Bertz CT molecular complexity index is 582. The summed E-state index contributed by atoms with van der Waals surface area (Å²) >= 11 is 3.41. The Labute approximate surface area is 119 Å². The van der Waals surface area contributed by atoms with Crippen LogP contribution in [0.25, 0.3) is 0 Å². The van der Waals surface area contributed by atoms with Crippen molar-refractivity contribution in [2.75, 3.05) is 7.11 Å². The minimum Gasteiger partial charge on any atom is -0.497 e. The summed E-state index contributed by atoms with van der Waals surface area (Å²) in [7, 11) is 1.62. The molecule has 1 fully saturated rings. The van der Waals surface area contributed by atoms with Gasteiger partial charge in [0.15, 0.2) is 5.75 Å². The van der Waals surface area contributed by atoms with Gasteiger partial charge in [-0.1, -0.05) is 15.9 Å². The van der Waals surface area contributed by atoms with Gasteiger partial charge < -0.3 is 9.47 Å². The molecule has 1 aliphatic rings. The van der Waals surface area contributed by atoms with E-state index in [-0.39, 0.29) is 0 Å². The van der Waals surface area contributed by atoms with E-state index in [9.17, 15) is 0 Å². The number of nitrogens with zero attached hydrogens (tertiary/aromatic N) is 2. The molecular formula is C14H13BrN2O2. The monoisotopic (exact) mass is 320 g/mol. The lowest BCUT2D eigenvalue weighted by molar-refractivity contribution is 0.408. The third kappa shape index (κ3) is 3.04. The summed E-state index contributed by atoms with van der Waals surface area (Å²) in [6.45, 7) is 0. The van der Waals surface area contributed by atoms with Crippen LogP contribution in [-0.2, 0) is 0 Å². The van der Waals surface area contributed by atoms with Crippen molar-refractivity contribution < 1.29 is 9.47 Å². The highest BCUT2D eigenvalue weighted by Gasteiger charge is 2.26.